The van der Waals surface area contributed by atoms with Gasteiger partial charge >= 0.3 is 12.1 Å². The Hall–Kier alpha value is -2.65. The summed E-state index contributed by atoms with van der Waals surface area (Å²) in [4.78, 5) is 38.7. The molecule has 3 rings (SSSR count). The zero-order valence-electron chi connectivity index (χ0n) is 15.4. The van der Waals surface area contributed by atoms with E-state index in [0.717, 1.165) is 44.6 Å². The van der Waals surface area contributed by atoms with Crippen LogP contribution in [-0.4, -0.2) is 58.6 Å². The Morgan fingerprint density at radius 2 is 1.82 bits per heavy atom. The fourth-order valence-corrected chi connectivity index (χ4v) is 3.23. The van der Waals surface area contributed by atoms with Gasteiger partial charge in [-0.25, -0.2) is 4.79 Å². The van der Waals surface area contributed by atoms with Crippen molar-refractivity contribution in [1.29, 1.82) is 0 Å². The van der Waals surface area contributed by atoms with E-state index in [9.17, 15) is 22.8 Å². The van der Waals surface area contributed by atoms with Crippen molar-refractivity contribution in [3.05, 3.63) is 29.6 Å². The molecule has 0 atom stereocenters. The number of pyridine rings is 1. The number of rotatable bonds is 1. The van der Waals surface area contributed by atoms with Crippen molar-refractivity contribution < 1.29 is 32.7 Å². The summed E-state index contributed by atoms with van der Waals surface area (Å²) < 4.78 is 31.7. The number of piperidine rings is 2. The van der Waals surface area contributed by atoms with Crippen molar-refractivity contribution in [3.63, 3.8) is 0 Å². The fraction of sp³-hybridized carbons (Fsp3) is 0.556. The third-order valence-electron chi connectivity index (χ3n) is 5.06. The van der Waals surface area contributed by atoms with Gasteiger partial charge in [0.2, 0.25) is 5.91 Å². The maximum absolute atomic E-state index is 12.5. The molecule has 0 unspecified atom stereocenters. The lowest BCUT2D eigenvalue weighted by Crippen LogP contribution is -2.50. The van der Waals surface area contributed by atoms with E-state index >= 15 is 0 Å². The zero-order valence-corrected chi connectivity index (χ0v) is 15.4. The molecular formula is C18H22F3N3O4. The molecule has 2 N–H and O–H groups in total. The Bertz CT molecular complexity index is 715. The number of amides is 2. The van der Waals surface area contributed by atoms with E-state index in [1.807, 2.05) is 24.0 Å². The van der Waals surface area contributed by atoms with Crippen LogP contribution in [0.5, 0.6) is 0 Å². The number of nitrogens with one attached hydrogen (secondary N) is 1. The lowest BCUT2D eigenvalue weighted by molar-refractivity contribution is -0.192. The normalized spacial score (nSPS) is 18.7. The number of carboxylic acid groups (broad SMARTS) is 1. The third kappa shape index (κ3) is 5.67. The van der Waals surface area contributed by atoms with Crippen LogP contribution in [0.4, 0.5) is 13.2 Å². The van der Waals surface area contributed by atoms with E-state index < -0.39 is 12.1 Å². The summed E-state index contributed by atoms with van der Waals surface area (Å²) >= 11 is 0. The summed E-state index contributed by atoms with van der Waals surface area (Å²) in [6.45, 7) is 4.21. The van der Waals surface area contributed by atoms with Crippen LogP contribution in [0.25, 0.3) is 0 Å². The molecule has 0 aromatic carbocycles. The molecule has 2 amide bonds. The highest BCUT2D eigenvalue weighted by atomic mass is 19.4. The minimum Gasteiger partial charge on any atom is -0.475 e. The van der Waals surface area contributed by atoms with E-state index in [1.54, 1.807) is 6.20 Å². The molecule has 2 aliphatic heterocycles. The van der Waals surface area contributed by atoms with E-state index in [1.165, 1.54) is 0 Å². The molecule has 0 bridgehead atoms. The van der Waals surface area contributed by atoms with Crippen molar-refractivity contribution in [2.24, 2.45) is 5.41 Å². The quantitative estimate of drug-likeness (QED) is 0.751. The SMILES string of the molecule is Cc1ccc(C(=O)N2CCC3(CCC(=O)NC3)CC2)cn1.O=C(O)C(F)(F)F. The van der Waals surface area contributed by atoms with Crippen LogP contribution < -0.4 is 5.32 Å². The average molecular weight is 401 g/mol. The molecule has 1 aromatic heterocycles. The third-order valence-corrected chi connectivity index (χ3v) is 5.06. The monoisotopic (exact) mass is 401 g/mol. The number of hydrogen-bond donors (Lipinski definition) is 2. The number of likely N-dealkylation sites (tertiary alicyclic amines) is 1. The van der Waals surface area contributed by atoms with Crippen LogP contribution in [0.15, 0.2) is 18.3 Å². The van der Waals surface area contributed by atoms with Crippen LogP contribution in [0, 0.1) is 12.3 Å². The second kappa shape index (κ2) is 8.57. The molecule has 1 aromatic rings. The molecule has 1 spiro atoms. The number of alkyl halides is 3. The molecular weight excluding hydrogens is 379 g/mol. The second-order valence-electron chi connectivity index (χ2n) is 7.06. The predicted molar refractivity (Wildman–Crippen MR) is 92.5 cm³/mol. The van der Waals surface area contributed by atoms with Crippen molar-refractivity contribution in [3.8, 4) is 0 Å². The summed E-state index contributed by atoms with van der Waals surface area (Å²) in [5.41, 5.74) is 1.78. The summed E-state index contributed by atoms with van der Waals surface area (Å²) in [7, 11) is 0. The smallest absolute Gasteiger partial charge is 0.475 e. The lowest BCUT2D eigenvalue weighted by Gasteiger charge is -2.44. The van der Waals surface area contributed by atoms with Gasteiger partial charge in [-0.2, -0.15) is 13.2 Å². The first kappa shape index (κ1) is 21.6. The van der Waals surface area contributed by atoms with Gasteiger partial charge in [0, 0.05) is 37.9 Å². The van der Waals surface area contributed by atoms with E-state index in [2.05, 4.69) is 10.3 Å². The largest absolute Gasteiger partial charge is 0.490 e. The van der Waals surface area contributed by atoms with E-state index in [-0.39, 0.29) is 17.2 Å². The maximum Gasteiger partial charge on any atom is 0.490 e. The van der Waals surface area contributed by atoms with E-state index in [0.29, 0.717) is 12.0 Å². The second-order valence-corrected chi connectivity index (χ2v) is 7.06. The number of aliphatic carboxylic acids is 1. The first-order valence-corrected chi connectivity index (χ1v) is 8.81. The number of nitrogens with zero attached hydrogens (tertiary/aromatic N) is 2. The highest BCUT2D eigenvalue weighted by Gasteiger charge is 2.39. The summed E-state index contributed by atoms with van der Waals surface area (Å²) in [5, 5.41) is 10.1. The lowest BCUT2D eigenvalue weighted by atomic mass is 9.73. The van der Waals surface area contributed by atoms with Crippen LogP contribution in [-0.2, 0) is 9.59 Å². The molecule has 10 heteroatoms. The van der Waals surface area contributed by atoms with Gasteiger partial charge in [-0.05, 0) is 43.7 Å². The highest BCUT2D eigenvalue weighted by Crippen LogP contribution is 2.37. The van der Waals surface area contributed by atoms with Gasteiger partial charge < -0.3 is 15.3 Å². The Kier molecular flexibility index (Phi) is 6.63. The van der Waals surface area contributed by atoms with Gasteiger partial charge in [0.05, 0.1) is 5.56 Å². The van der Waals surface area contributed by atoms with Crippen molar-refractivity contribution in [1.82, 2.24) is 15.2 Å². The highest BCUT2D eigenvalue weighted by molar-refractivity contribution is 5.94. The Labute approximate surface area is 159 Å². The summed E-state index contributed by atoms with van der Waals surface area (Å²) in [5.74, 6) is -2.53. The van der Waals surface area contributed by atoms with E-state index in [4.69, 9.17) is 9.90 Å². The number of carboxylic acids is 1. The number of halogens is 3. The molecule has 2 fully saturated rings. The first-order chi connectivity index (χ1) is 13.0. The number of carbonyl (C=O) groups excluding carboxylic acids is 2. The van der Waals surface area contributed by atoms with Gasteiger partial charge in [0.15, 0.2) is 0 Å². The van der Waals surface area contributed by atoms with Crippen molar-refractivity contribution in [2.75, 3.05) is 19.6 Å². The minimum atomic E-state index is -5.08. The molecule has 28 heavy (non-hydrogen) atoms. The molecule has 0 aliphatic carbocycles. The molecule has 0 saturated carbocycles. The van der Waals surface area contributed by atoms with Crippen LogP contribution in [0.3, 0.4) is 0 Å². The topological polar surface area (TPSA) is 99.6 Å². The van der Waals surface area contributed by atoms with Gasteiger partial charge in [-0.1, -0.05) is 0 Å². The summed E-state index contributed by atoms with van der Waals surface area (Å²) in [6, 6.07) is 3.71. The Morgan fingerprint density at radius 3 is 2.25 bits per heavy atom. The number of aromatic nitrogens is 1. The van der Waals surface area contributed by atoms with Crippen LogP contribution >= 0.6 is 0 Å². The van der Waals surface area contributed by atoms with Crippen molar-refractivity contribution >= 4 is 17.8 Å². The minimum absolute atomic E-state index is 0.0668. The molecule has 154 valence electrons. The standard InChI is InChI=1S/C16H21N3O2.C2HF3O2/c1-12-2-3-13(10-17-12)15(21)19-8-6-16(7-9-19)5-4-14(20)18-11-16;3-2(4,5)1(6)7/h2-3,10H,4-9,11H2,1H3,(H,18,20);(H,6,7). The number of aryl methyl sites for hydroxylation is 1. The van der Waals surface area contributed by atoms with Gasteiger partial charge in [0.1, 0.15) is 0 Å². The van der Waals surface area contributed by atoms with Gasteiger partial charge in [0.25, 0.3) is 5.91 Å². The predicted octanol–water partition coefficient (Wildman–Crippen LogP) is 2.16. The molecule has 2 aliphatic rings. The number of hydrogen-bond acceptors (Lipinski definition) is 4. The first-order valence-electron chi connectivity index (χ1n) is 8.81. The molecule has 2 saturated heterocycles. The summed E-state index contributed by atoms with van der Waals surface area (Å²) in [6.07, 6.45) is 0.0856. The zero-order chi connectivity index (χ0) is 20.9. The van der Waals surface area contributed by atoms with Crippen LogP contribution in [0.1, 0.15) is 41.7 Å². The van der Waals surface area contributed by atoms with Gasteiger partial charge in [-0.15, -0.1) is 0 Å². The number of carbonyl (C=O) groups is 3. The van der Waals surface area contributed by atoms with Gasteiger partial charge in [-0.3, -0.25) is 14.6 Å². The molecule has 7 nitrogen and oxygen atoms in total. The molecule has 3 heterocycles. The van der Waals surface area contributed by atoms with Crippen molar-refractivity contribution in [2.45, 2.75) is 38.8 Å². The maximum atomic E-state index is 12.5. The molecule has 0 radical (unpaired) electrons. The van der Waals surface area contributed by atoms with Crippen LogP contribution in [0.2, 0.25) is 0 Å². The fourth-order valence-electron chi connectivity index (χ4n) is 3.23. The Morgan fingerprint density at radius 1 is 1.21 bits per heavy atom. The average Bonchev–Trinajstić information content (AvgIpc) is 2.65. The Balaban J connectivity index is 0.000000345.